The molecule has 1 heterocycles. The Morgan fingerprint density at radius 1 is 1.09 bits per heavy atom. The van der Waals surface area contributed by atoms with Gasteiger partial charge < -0.3 is 24.8 Å². The second-order valence-corrected chi connectivity index (χ2v) is 6.40. The Morgan fingerprint density at radius 2 is 1.91 bits per heavy atom. The first-order valence-corrected chi connectivity index (χ1v) is 9.77. The number of guanidine groups is 1. The smallest absolute Gasteiger partial charge is 0.195 e. The van der Waals surface area contributed by atoms with Crippen molar-refractivity contribution in [3.8, 4) is 23.0 Å². The van der Waals surface area contributed by atoms with Gasteiger partial charge in [-0.1, -0.05) is 6.07 Å². The lowest BCUT2D eigenvalue weighted by molar-refractivity contribution is 0.311. The molecule has 32 heavy (non-hydrogen) atoms. The summed E-state index contributed by atoms with van der Waals surface area (Å²) in [6.07, 6.45) is 3.16. The molecule has 170 valence electrons. The Balaban J connectivity index is 0.00000363. The van der Waals surface area contributed by atoms with Gasteiger partial charge >= 0.3 is 0 Å². The lowest BCUT2D eigenvalue weighted by Gasteiger charge is -2.15. The van der Waals surface area contributed by atoms with Crippen molar-refractivity contribution in [2.75, 3.05) is 26.1 Å². The molecular formula is C23H26FIN4O3. The van der Waals surface area contributed by atoms with Gasteiger partial charge in [0.15, 0.2) is 29.0 Å². The molecule has 2 aromatic carbocycles. The van der Waals surface area contributed by atoms with E-state index >= 15 is 0 Å². The molecule has 0 fully saturated rings. The number of methoxy groups -OCH3 is 1. The predicted molar refractivity (Wildman–Crippen MR) is 134 cm³/mol. The maximum atomic E-state index is 14.4. The van der Waals surface area contributed by atoms with Gasteiger partial charge in [-0.05, 0) is 48.9 Å². The average Bonchev–Trinajstić information content (AvgIpc) is 2.79. The van der Waals surface area contributed by atoms with E-state index in [4.69, 9.17) is 14.2 Å². The van der Waals surface area contributed by atoms with Gasteiger partial charge in [0.2, 0.25) is 0 Å². The summed E-state index contributed by atoms with van der Waals surface area (Å²) in [7, 11) is 3.26. The van der Waals surface area contributed by atoms with E-state index in [1.807, 2.05) is 25.1 Å². The Morgan fingerprint density at radius 3 is 2.56 bits per heavy atom. The van der Waals surface area contributed by atoms with Gasteiger partial charge in [0, 0.05) is 31.5 Å². The number of nitrogens with one attached hydrogen (secondary N) is 2. The van der Waals surface area contributed by atoms with Crippen molar-refractivity contribution in [3.63, 3.8) is 0 Å². The fourth-order valence-electron chi connectivity index (χ4n) is 2.80. The van der Waals surface area contributed by atoms with E-state index in [1.54, 1.807) is 44.6 Å². The monoisotopic (exact) mass is 552 g/mol. The molecule has 0 aliphatic rings. The lowest BCUT2D eigenvalue weighted by Crippen LogP contribution is -2.30. The van der Waals surface area contributed by atoms with Crippen LogP contribution >= 0.6 is 24.0 Å². The number of hydrogen-bond acceptors (Lipinski definition) is 5. The van der Waals surface area contributed by atoms with Crippen LogP contribution in [0.1, 0.15) is 12.5 Å². The standard InChI is InChI=1S/C23H25FN4O3.HI/c1-4-30-22-13-17(8-10-21(22)29-3)28-23(25-2)27-14-16-7-9-20(19(24)12-16)31-18-6-5-11-26-15-18;/h5-13,15H,4,14H2,1-3H3,(H2,25,27,28);1H. The van der Waals surface area contributed by atoms with Crippen LogP contribution in [0.25, 0.3) is 0 Å². The SMILES string of the molecule is CCOc1cc(NC(=NC)NCc2ccc(Oc3cccnc3)c(F)c2)ccc1OC.I. The number of nitrogens with zero attached hydrogens (tertiary/aromatic N) is 2. The summed E-state index contributed by atoms with van der Waals surface area (Å²) in [4.78, 5) is 8.16. The van der Waals surface area contributed by atoms with Crippen LogP contribution in [-0.2, 0) is 6.54 Å². The molecule has 2 N–H and O–H groups in total. The highest BCUT2D eigenvalue weighted by Crippen LogP contribution is 2.30. The first-order chi connectivity index (χ1) is 15.1. The number of aromatic nitrogens is 1. The van der Waals surface area contributed by atoms with Gasteiger partial charge in [-0.25, -0.2) is 4.39 Å². The largest absolute Gasteiger partial charge is 0.493 e. The second kappa shape index (κ2) is 12.7. The van der Waals surface area contributed by atoms with Gasteiger partial charge in [-0.15, -0.1) is 24.0 Å². The molecule has 0 bridgehead atoms. The highest BCUT2D eigenvalue weighted by atomic mass is 127. The number of hydrogen-bond donors (Lipinski definition) is 2. The van der Waals surface area contributed by atoms with Crippen LogP contribution in [0, 0.1) is 5.82 Å². The minimum Gasteiger partial charge on any atom is -0.493 e. The predicted octanol–water partition coefficient (Wildman–Crippen LogP) is 5.23. The zero-order chi connectivity index (χ0) is 22.1. The molecule has 3 rings (SSSR count). The van der Waals surface area contributed by atoms with Gasteiger partial charge in [0.25, 0.3) is 0 Å². The van der Waals surface area contributed by atoms with Crippen molar-refractivity contribution < 1.29 is 18.6 Å². The third-order valence-electron chi connectivity index (χ3n) is 4.27. The Labute approximate surface area is 204 Å². The molecule has 3 aromatic rings. The van der Waals surface area contributed by atoms with Gasteiger partial charge in [-0.3, -0.25) is 9.98 Å². The van der Waals surface area contributed by atoms with E-state index in [0.717, 1.165) is 11.3 Å². The van der Waals surface area contributed by atoms with Crippen LogP contribution < -0.4 is 24.8 Å². The van der Waals surface area contributed by atoms with E-state index in [0.29, 0.717) is 36.4 Å². The third kappa shape index (κ3) is 6.98. The van der Waals surface area contributed by atoms with Crippen LogP contribution in [0.3, 0.4) is 0 Å². The van der Waals surface area contributed by atoms with Gasteiger partial charge in [0.05, 0.1) is 19.9 Å². The van der Waals surface area contributed by atoms with Crippen molar-refractivity contribution in [2.45, 2.75) is 13.5 Å². The molecule has 0 aliphatic heterocycles. The van der Waals surface area contributed by atoms with E-state index in [-0.39, 0.29) is 29.7 Å². The van der Waals surface area contributed by atoms with E-state index in [2.05, 4.69) is 20.6 Å². The quantitative estimate of drug-likeness (QED) is 0.227. The van der Waals surface area contributed by atoms with E-state index < -0.39 is 5.82 Å². The summed E-state index contributed by atoms with van der Waals surface area (Å²) < 4.78 is 30.9. The van der Waals surface area contributed by atoms with Crippen molar-refractivity contribution in [3.05, 3.63) is 72.3 Å². The maximum Gasteiger partial charge on any atom is 0.195 e. The molecule has 0 radical (unpaired) electrons. The van der Waals surface area contributed by atoms with Gasteiger partial charge in [-0.2, -0.15) is 0 Å². The molecule has 7 nitrogen and oxygen atoms in total. The summed E-state index contributed by atoms with van der Waals surface area (Å²) in [5, 5.41) is 6.35. The van der Waals surface area contributed by atoms with E-state index in [9.17, 15) is 4.39 Å². The second-order valence-electron chi connectivity index (χ2n) is 6.40. The molecule has 9 heteroatoms. The molecule has 1 aromatic heterocycles. The third-order valence-corrected chi connectivity index (χ3v) is 4.27. The first kappa shape index (κ1) is 25.2. The van der Waals surface area contributed by atoms with Crippen LogP contribution in [-0.4, -0.2) is 31.7 Å². The molecule has 0 spiro atoms. The van der Waals surface area contributed by atoms with Crippen LogP contribution in [0.2, 0.25) is 0 Å². The molecule has 0 atom stereocenters. The summed E-state index contributed by atoms with van der Waals surface area (Å²) in [5.74, 6) is 1.98. The summed E-state index contributed by atoms with van der Waals surface area (Å²) in [6, 6.07) is 13.8. The number of pyridine rings is 1. The number of halogens is 2. The summed E-state index contributed by atoms with van der Waals surface area (Å²) >= 11 is 0. The minimum atomic E-state index is -0.456. The van der Waals surface area contributed by atoms with Crippen LogP contribution in [0.5, 0.6) is 23.0 Å². The molecule has 0 amide bonds. The Kier molecular flexibility index (Phi) is 9.99. The normalized spacial score (nSPS) is 10.7. The lowest BCUT2D eigenvalue weighted by atomic mass is 10.2. The van der Waals surface area contributed by atoms with Crippen LogP contribution in [0.4, 0.5) is 10.1 Å². The molecule has 0 saturated carbocycles. The van der Waals surface area contributed by atoms with E-state index in [1.165, 1.54) is 12.3 Å². The topological polar surface area (TPSA) is 77.0 Å². The fraction of sp³-hybridized carbons (Fsp3) is 0.217. The average molecular weight is 552 g/mol. The van der Waals surface area contributed by atoms with Crippen LogP contribution in [0.15, 0.2) is 65.9 Å². The fourth-order valence-corrected chi connectivity index (χ4v) is 2.80. The minimum absolute atomic E-state index is 0. The summed E-state index contributed by atoms with van der Waals surface area (Å²) in [6.45, 7) is 2.81. The highest BCUT2D eigenvalue weighted by molar-refractivity contribution is 14.0. The highest BCUT2D eigenvalue weighted by Gasteiger charge is 2.09. The maximum absolute atomic E-state index is 14.4. The Hall–Kier alpha value is -3.08. The number of rotatable bonds is 8. The zero-order valence-electron chi connectivity index (χ0n) is 18.1. The molecule has 0 saturated heterocycles. The van der Waals surface area contributed by atoms with Crippen molar-refractivity contribution in [1.82, 2.24) is 10.3 Å². The van der Waals surface area contributed by atoms with Crippen molar-refractivity contribution in [1.29, 1.82) is 0 Å². The van der Waals surface area contributed by atoms with Gasteiger partial charge in [0.1, 0.15) is 5.75 Å². The van der Waals surface area contributed by atoms with Crippen molar-refractivity contribution in [2.24, 2.45) is 4.99 Å². The van der Waals surface area contributed by atoms with Crippen molar-refractivity contribution >= 4 is 35.6 Å². The summed E-state index contributed by atoms with van der Waals surface area (Å²) in [5.41, 5.74) is 1.52. The number of benzene rings is 2. The molecule has 0 aliphatic carbocycles. The Bertz CT molecular complexity index is 1040. The number of ether oxygens (including phenoxy) is 3. The number of anilines is 1. The molecular weight excluding hydrogens is 526 g/mol. The number of aliphatic imine (C=N–C) groups is 1. The first-order valence-electron chi connectivity index (χ1n) is 9.77. The molecule has 0 unspecified atom stereocenters. The zero-order valence-corrected chi connectivity index (χ0v) is 20.4.